The van der Waals surface area contributed by atoms with E-state index in [1.54, 1.807) is 0 Å². The van der Waals surface area contributed by atoms with Gasteiger partial charge in [-0.15, -0.1) is 0 Å². The molecule has 4 nitrogen and oxygen atoms in total. The number of furan rings is 2. The molecule has 13 rings (SSSR count). The lowest BCUT2D eigenvalue weighted by Crippen LogP contribution is -1.93. The van der Waals surface area contributed by atoms with Crippen LogP contribution in [0.1, 0.15) is 0 Å². The van der Waals surface area contributed by atoms with Gasteiger partial charge < -0.3 is 18.0 Å². The summed E-state index contributed by atoms with van der Waals surface area (Å²) in [4.78, 5) is 0. The van der Waals surface area contributed by atoms with Gasteiger partial charge in [0.1, 0.15) is 22.3 Å². The fourth-order valence-electron chi connectivity index (χ4n) is 9.46. The standard InChI is InChI=1S/C54H32N2O2/c1-3-11-37(12-4-1)55-47-24-19-33(35-21-27-51-44(31-35)39-15-8-10-18-50(39)57-51)29-42(47)43-30-34(20-25-48(43)55)36-22-28-52-45(32-36)40-23-26-49-53(54(40)58-52)41-16-7-9-17-46(41)56(49)38-13-5-2-6-14-38/h1-32H. The van der Waals surface area contributed by atoms with E-state index in [-0.39, 0.29) is 0 Å². The van der Waals surface area contributed by atoms with Gasteiger partial charge in [0.25, 0.3) is 0 Å². The van der Waals surface area contributed by atoms with E-state index in [0.29, 0.717) is 0 Å². The zero-order valence-corrected chi connectivity index (χ0v) is 31.2. The van der Waals surface area contributed by atoms with Crippen LogP contribution in [0.3, 0.4) is 0 Å². The van der Waals surface area contributed by atoms with Crippen molar-refractivity contribution in [2.75, 3.05) is 0 Å². The summed E-state index contributed by atoms with van der Waals surface area (Å²) >= 11 is 0. The van der Waals surface area contributed by atoms with Crippen molar-refractivity contribution in [1.29, 1.82) is 0 Å². The topological polar surface area (TPSA) is 36.1 Å². The maximum absolute atomic E-state index is 6.77. The molecule has 0 radical (unpaired) electrons. The third-order valence-corrected chi connectivity index (χ3v) is 12.1. The molecule has 0 unspecified atom stereocenters. The predicted molar refractivity (Wildman–Crippen MR) is 241 cm³/mol. The van der Waals surface area contributed by atoms with Gasteiger partial charge in [0.15, 0.2) is 0 Å². The number of rotatable bonds is 4. The largest absolute Gasteiger partial charge is 0.456 e. The zero-order valence-electron chi connectivity index (χ0n) is 31.2. The van der Waals surface area contributed by atoms with E-state index >= 15 is 0 Å². The molecule has 0 spiro atoms. The summed E-state index contributed by atoms with van der Waals surface area (Å²) in [6.07, 6.45) is 0. The van der Waals surface area contributed by atoms with Gasteiger partial charge in [0.2, 0.25) is 0 Å². The minimum atomic E-state index is 0.886. The molecular formula is C54H32N2O2. The highest BCUT2D eigenvalue weighted by atomic mass is 16.3. The van der Waals surface area contributed by atoms with Crippen LogP contribution in [0, 0.1) is 0 Å². The van der Waals surface area contributed by atoms with Crippen LogP contribution in [0.2, 0.25) is 0 Å². The molecule has 0 aliphatic carbocycles. The van der Waals surface area contributed by atoms with Crippen LogP contribution in [-0.2, 0) is 0 Å². The highest BCUT2D eigenvalue weighted by Crippen LogP contribution is 2.43. The van der Waals surface area contributed by atoms with Gasteiger partial charge in [-0.1, -0.05) is 97.1 Å². The van der Waals surface area contributed by atoms with Crippen LogP contribution in [0.5, 0.6) is 0 Å². The Morgan fingerprint density at radius 2 is 0.724 bits per heavy atom. The third-order valence-electron chi connectivity index (χ3n) is 12.1. The maximum atomic E-state index is 6.77. The fraction of sp³-hybridized carbons (Fsp3) is 0. The molecule has 0 fully saturated rings. The van der Waals surface area contributed by atoms with Crippen molar-refractivity contribution in [3.8, 4) is 33.6 Å². The summed E-state index contributed by atoms with van der Waals surface area (Å²) in [5.41, 5.74) is 15.2. The molecule has 0 aliphatic heterocycles. The number of fused-ring (bicyclic) bond motifs is 13. The summed E-state index contributed by atoms with van der Waals surface area (Å²) < 4.78 is 17.7. The van der Waals surface area contributed by atoms with Gasteiger partial charge in [-0.3, -0.25) is 0 Å². The Balaban J connectivity index is 0.999. The number of aromatic nitrogens is 2. The molecule has 0 aliphatic rings. The Morgan fingerprint density at radius 3 is 1.38 bits per heavy atom. The fourth-order valence-corrected chi connectivity index (χ4v) is 9.46. The Kier molecular flexibility index (Phi) is 6.41. The second-order valence-corrected chi connectivity index (χ2v) is 15.3. The van der Waals surface area contributed by atoms with E-state index in [2.05, 4.69) is 191 Å². The van der Waals surface area contributed by atoms with E-state index in [4.69, 9.17) is 8.83 Å². The maximum Gasteiger partial charge on any atom is 0.145 e. The summed E-state index contributed by atoms with van der Waals surface area (Å²) in [5, 5.41) is 9.24. The van der Waals surface area contributed by atoms with Gasteiger partial charge in [0, 0.05) is 49.1 Å². The minimum absolute atomic E-state index is 0.886. The van der Waals surface area contributed by atoms with E-state index < -0.39 is 0 Å². The molecule has 0 N–H and O–H groups in total. The first-order valence-corrected chi connectivity index (χ1v) is 19.7. The predicted octanol–water partition coefficient (Wildman–Crippen LogP) is 15.0. The molecule has 0 saturated carbocycles. The van der Waals surface area contributed by atoms with E-state index in [9.17, 15) is 0 Å². The van der Waals surface area contributed by atoms with Crippen LogP contribution in [0.15, 0.2) is 203 Å². The molecule has 4 heterocycles. The number of benzene rings is 9. The Labute approximate surface area is 332 Å². The van der Waals surface area contributed by atoms with Gasteiger partial charge >= 0.3 is 0 Å². The molecule has 4 heteroatoms. The van der Waals surface area contributed by atoms with Crippen molar-refractivity contribution in [3.63, 3.8) is 0 Å². The van der Waals surface area contributed by atoms with Crippen LogP contribution < -0.4 is 0 Å². The van der Waals surface area contributed by atoms with Crippen LogP contribution in [0.4, 0.5) is 0 Å². The Hall–Kier alpha value is -7.82. The Bertz CT molecular complexity index is 3790. The lowest BCUT2D eigenvalue weighted by molar-refractivity contribution is 0.669. The van der Waals surface area contributed by atoms with Crippen molar-refractivity contribution in [1.82, 2.24) is 9.13 Å². The first kappa shape index (κ1) is 31.4. The normalized spacial score (nSPS) is 12.1. The summed E-state index contributed by atoms with van der Waals surface area (Å²) in [6, 6.07) is 69.6. The van der Waals surface area contributed by atoms with Crippen molar-refractivity contribution < 1.29 is 8.83 Å². The third kappa shape index (κ3) is 4.45. The lowest BCUT2D eigenvalue weighted by atomic mass is 9.98. The quantitative estimate of drug-likeness (QED) is 0.180. The minimum Gasteiger partial charge on any atom is -0.456 e. The van der Waals surface area contributed by atoms with Crippen molar-refractivity contribution in [2.24, 2.45) is 0 Å². The second-order valence-electron chi connectivity index (χ2n) is 15.3. The molecule has 4 aromatic heterocycles. The molecular weight excluding hydrogens is 709 g/mol. The van der Waals surface area contributed by atoms with Gasteiger partial charge in [0.05, 0.1) is 27.5 Å². The number of hydrogen-bond acceptors (Lipinski definition) is 2. The van der Waals surface area contributed by atoms with Crippen molar-refractivity contribution >= 4 is 87.5 Å². The van der Waals surface area contributed by atoms with Gasteiger partial charge in [-0.05, 0) is 119 Å². The number of para-hydroxylation sites is 4. The van der Waals surface area contributed by atoms with Crippen LogP contribution >= 0.6 is 0 Å². The molecule has 9 aromatic carbocycles. The van der Waals surface area contributed by atoms with Crippen LogP contribution in [-0.4, -0.2) is 9.13 Å². The second kappa shape index (κ2) is 11.8. The zero-order chi connectivity index (χ0) is 37.9. The molecule has 0 saturated heterocycles. The van der Waals surface area contributed by atoms with Gasteiger partial charge in [-0.25, -0.2) is 0 Å². The highest BCUT2D eigenvalue weighted by Gasteiger charge is 2.20. The van der Waals surface area contributed by atoms with E-state index in [1.165, 1.54) is 38.3 Å². The van der Waals surface area contributed by atoms with E-state index in [1.807, 2.05) is 12.1 Å². The first-order chi connectivity index (χ1) is 28.7. The first-order valence-electron chi connectivity index (χ1n) is 19.7. The monoisotopic (exact) mass is 740 g/mol. The average molecular weight is 741 g/mol. The molecule has 58 heavy (non-hydrogen) atoms. The summed E-state index contributed by atoms with van der Waals surface area (Å²) in [5.74, 6) is 0. The lowest BCUT2D eigenvalue weighted by Gasteiger charge is -2.08. The van der Waals surface area contributed by atoms with Gasteiger partial charge in [-0.2, -0.15) is 0 Å². The molecule has 13 aromatic rings. The van der Waals surface area contributed by atoms with Crippen LogP contribution in [0.25, 0.3) is 121 Å². The highest BCUT2D eigenvalue weighted by molar-refractivity contribution is 6.24. The van der Waals surface area contributed by atoms with Crippen molar-refractivity contribution in [3.05, 3.63) is 194 Å². The molecule has 270 valence electrons. The summed E-state index contributed by atoms with van der Waals surface area (Å²) in [6.45, 7) is 0. The molecule has 0 amide bonds. The smallest absolute Gasteiger partial charge is 0.145 e. The number of nitrogens with zero attached hydrogens (tertiary/aromatic N) is 2. The van der Waals surface area contributed by atoms with Crippen molar-refractivity contribution in [2.45, 2.75) is 0 Å². The van der Waals surface area contributed by atoms with E-state index in [0.717, 1.165) is 82.8 Å². The SMILES string of the molecule is c1ccc(-n2c3ccc(-c4ccc5oc6ccccc6c5c4)cc3c3cc(-c4ccc5oc6c(ccc7c6c6ccccc6n7-c6ccccc6)c5c4)ccc32)cc1. The molecule has 0 atom stereocenters. The average Bonchev–Trinajstić information content (AvgIpc) is 4.03. The number of hydrogen-bond donors (Lipinski definition) is 0. The Morgan fingerprint density at radius 1 is 0.276 bits per heavy atom. The summed E-state index contributed by atoms with van der Waals surface area (Å²) in [7, 11) is 0. The molecule has 0 bridgehead atoms.